The van der Waals surface area contributed by atoms with Gasteiger partial charge in [-0.25, -0.2) is 5.84 Å². The highest BCUT2D eigenvalue weighted by Gasteiger charge is 2.26. The molecule has 98 valence electrons. The largest absolute Gasteiger partial charge is 0.291 e. The lowest BCUT2D eigenvalue weighted by molar-refractivity contribution is 0.326. The Morgan fingerprint density at radius 2 is 2.06 bits per heavy atom. The van der Waals surface area contributed by atoms with Gasteiger partial charge in [0.25, 0.3) is 0 Å². The SMILES string of the molecule is NN1CCN=C1c1c(Br)cnn1C1CCCCC1. The number of hydrogen-bond acceptors (Lipinski definition) is 4. The molecule has 2 aliphatic rings. The lowest BCUT2D eigenvalue weighted by atomic mass is 9.95. The molecule has 1 aromatic heterocycles. The van der Waals surface area contributed by atoms with Gasteiger partial charge in [-0.05, 0) is 28.8 Å². The van der Waals surface area contributed by atoms with Gasteiger partial charge in [0.1, 0.15) is 5.69 Å². The number of nitrogens with zero attached hydrogens (tertiary/aromatic N) is 4. The highest BCUT2D eigenvalue weighted by atomic mass is 79.9. The molecular weight excluding hydrogens is 294 g/mol. The van der Waals surface area contributed by atoms with Crippen molar-refractivity contribution in [3.05, 3.63) is 16.4 Å². The van der Waals surface area contributed by atoms with Crippen molar-refractivity contribution in [2.75, 3.05) is 13.1 Å². The van der Waals surface area contributed by atoms with E-state index in [1.807, 2.05) is 6.20 Å². The number of aliphatic imine (C=N–C) groups is 1. The monoisotopic (exact) mass is 311 g/mol. The van der Waals surface area contributed by atoms with Gasteiger partial charge in [-0.1, -0.05) is 19.3 Å². The molecule has 3 rings (SSSR count). The van der Waals surface area contributed by atoms with Crippen molar-refractivity contribution in [1.29, 1.82) is 0 Å². The Bertz CT molecular complexity index is 461. The predicted octanol–water partition coefficient (Wildman–Crippen LogP) is 2.09. The van der Waals surface area contributed by atoms with E-state index in [1.54, 1.807) is 5.01 Å². The molecule has 0 aromatic carbocycles. The van der Waals surface area contributed by atoms with Crippen LogP contribution >= 0.6 is 15.9 Å². The smallest absolute Gasteiger partial charge is 0.165 e. The van der Waals surface area contributed by atoms with Crippen LogP contribution in [0.3, 0.4) is 0 Å². The fourth-order valence-corrected chi connectivity index (χ4v) is 3.27. The zero-order valence-corrected chi connectivity index (χ0v) is 11.9. The van der Waals surface area contributed by atoms with Crippen LogP contribution in [0.5, 0.6) is 0 Å². The Morgan fingerprint density at radius 1 is 1.28 bits per heavy atom. The van der Waals surface area contributed by atoms with E-state index in [0.29, 0.717) is 6.04 Å². The summed E-state index contributed by atoms with van der Waals surface area (Å²) >= 11 is 3.57. The fraction of sp³-hybridized carbons (Fsp3) is 0.667. The third kappa shape index (κ3) is 2.07. The Hall–Kier alpha value is -0.880. The van der Waals surface area contributed by atoms with Gasteiger partial charge < -0.3 is 0 Å². The maximum atomic E-state index is 5.98. The maximum absolute atomic E-state index is 5.98. The van der Waals surface area contributed by atoms with Gasteiger partial charge in [0.15, 0.2) is 5.84 Å². The lowest BCUT2D eigenvalue weighted by Gasteiger charge is -2.25. The van der Waals surface area contributed by atoms with Gasteiger partial charge in [-0.15, -0.1) is 0 Å². The first-order valence-corrected chi connectivity index (χ1v) is 7.37. The number of nitrogens with two attached hydrogens (primary N) is 1. The summed E-state index contributed by atoms with van der Waals surface area (Å²) in [5.74, 6) is 6.84. The molecule has 5 nitrogen and oxygen atoms in total. The molecule has 1 saturated carbocycles. The molecule has 6 heteroatoms. The zero-order chi connectivity index (χ0) is 12.5. The minimum absolute atomic E-state index is 0.497. The molecule has 1 aromatic rings. The highest BCUT2D eigenvalue weighted by molar-refractivity contribution is 9.10. The molecule has 0 spiro atoms. The van der Waals surface area contributed by atoms with Crippen molar-refractivity contribution in [2.24, 2.45) is 10.8 Å². The standard InChI is InChI=1S/C12H18BrN5/c13-10-8-16-18(9-4-2-1-3-5-9)11(10)12-15-6-7-17(12)14/h8-9H,1-7,14H2. The van der Waals surface area contributed by atoms with Gasteiger partial charge in [0, 0.05) is 0 Å². The summed E-state index contributed by atoms with van der Waals surface area (Å²) in [6, 6.07) is 0.497. The van der Waals surface area contributed by atoms with Crippen LogP contribution in [-0.2, 0) is 0 Å². The summed E-state index contributed by atoms with van der Waals surface area (Å²) in [5, 5.41) is 6.25. The third-order valence-corrected chi connectivity index (χ3v) is 4.34. The van der Waals surface area contributed by atoms with E-state index >= 15 is 0 Å². The van der Waals surface area contributed by atoms with Crippen molar-refractivity contribution in [2.45, 2.75) is 38.1 Å². The zero-order valence-electron chi connectivity index (χ0n) is 10.3. The van der Waals surface area contributed by atoms with Gasteiger partial charge in [0.2, 0.25) is 0 Å². The third-order valence-electron chi connectivity index (χ3n) is 3.76. The van der Waals surface area contributed by atoms with E-state index in [4.69, 9.17) is 5.84 Å². The molecule has 0 amide bonds. The van der Waals surface area contributed by atoms with Crippen LogP contribution in [0.2, 0.25) is 0 Å². The molecule has 1 fully saturated rings. The van der Waals surface area contributed by atoms with Crippen molar-refractivity contribution in [3.63, 3.8) is 0 Å². The number of aromatic nitrogens is 2. The summed E-state index contributed by atoms with van der Waals surface area (Å²) in [6.45, 7) is 1.56. The summed E-state index contributed by atoms with van der Waals surface area (Å²) < 4.78 is 3.11. The van der Waals surface area contributed by atoms with Crippen LogP contribution in [0.4, 0.5) is 0 Å². The second-order valence-electron chi connectivity index (χ2n) is 4.98. The summed E-state index contributed by atoms with van der Waals surface area (Å²) in [6.07, 6.45) is 8.20. The molecule has 0 radical (unpaired) electrons. The quantitative estimate of drug-likeness (QED) is 0.851. The summed E-state index contributed by atoms with van der Waals surface area (Å²) in [5.41, 5.74) is 1.04. The average molecular weight is 312 g/mol. The van der Waals surface area contributed by atoms with E-state index in [0.717, 1.165) is 29.1 Å². The van der Waals surface area contributed by atoms with Crippen LogP contribution in [0.1, 0.15) is 43.8 Å². The summed E-state index contributed by atoms with van der Waals surface area (Å²) in [4.78, 5) is 4.50. The van der Waals surface area contributed by atoms with Gasteiger partial charge >= 0.3 is 0 Å². The first kappa shape index (κ1) is 12.2. The normalized spacial score (nSPS) is 21.4. The molecule has 2 N–H and O–H groups in total. The van der Waals surface area contributed by atoms with Crippen LogP contribution in [-0.4, -0.2) is 33.7 Å². The lowest BCUT2D eigenvalue weighted by Crippen LogP contribution is -2.37. The van der Waals surface area contributed by atoms with Gasteiger partial charge in [-0.2, -0.15) is 5.10 Å². The number of hydrazine groups is 1. The Kier molecular flexibility index (Phi) is 3.39. The van der Waals surface area contributed by atoms with E-state index < -0.39 is 0 Å². The number of halogens is 1. The molecule has 1 aliphatic heterocycles. The predicted molar refractivity (Wildman–Crippen MR) is 74.3 cm³/mol. The van der Waals surface area contributed by atoms with Crippen LogP contribution in [0.15, 0.2) is 15.7 Å². The second kappa shape index (κ2) is 5.01. The number of hydrogen-bond donors (Lipinski definition) is 1. The van der Waals surface area contributed by atoms with Gasteiger partial charge in [0.05, 0.1) is 29.8 Å². The van der Waals surface area contributed by atoms with Crippen LogP contribution < -0.4 is 5.84 Å². The van der Waals surface area contributed by atoms with E-state index in [-0.39, 0.29) is 0 Å². The topological polar surface area (TPSA) is 59.4 Å². The first-order valence-electron chi connectivity index (χ1n) is 6.57. The molecule has 0 unspecified atom stereocenters. The Labute approximate surface area is 115 Å². The van der Waals surface area contributed by atoms with E-state index in [9.17, 15) is 0 Å². The molecule has 18 heavy (non-hydrogen) atoms. The number of amidine groups is 1. The van der Waals surface area contributed by atoms with E-state index in [1.165, 1.54) is 32.1 Å². The molecule has 0 saturated heterocycles. The molecule has 0 atom stereocenters. The van der Waals surface area contributed by atoms with Crippen molar-refractivity contribution >= 4 is 21.8 Å². The molecule has 2 heterocycles. The van der Waals surface area contributed by atoms with Crippen LogP contribution in [0.25, 0.3) is 0 Å². The highest BCUT2D eigenvalue weighted by Crippen LogP contribution is 2.31. The minimum atomic E-state index is 0.497. The van der Waals surface area contributed by atoms with Crippen LogP contribution in [0, 0.1) is 0 Å². The first-order chi connectivity index (χ1) is 8.77. The van der Waals surface area contributed by atoms with E-state index in [2.05, 4.69) is 30.7 Å². The second-order valence-corrected chi connectivity index (χ2v) is 5.83. The average Bonchev–Trinajstić information content (AvgIpc) is 2.96. The van der Waals surface area contributed by atoms with Crippen molar-refractivity contribution in [3.8, 4) is 0 Å². The van der Waals surface area contributed by atoms with Crippen molar-refractivity contribution in [1.82, 2.24) is 14.8 Å². The maximum Gasteiger partial charge on any atom is 0.165 e. The summed E-state index contributed by atoms with van der Waals surface area (Å²) in [7, 11) is 0. The minimum Gasteiger partial charge on any atom is -0.291 e. The number of rotatable bonds is 2. The van der Waals surface area contributed by atoms with Crippen molar-refractivity contribution < 1.29 is 0 Å². The Balaban J connectivity index is 1.95. The molecule has 0 bridgehead atoms. The Morgan fingerprint density at radius 3 is 2.72 bits per heavy atom. The molecular formula is C12H18BrN5. The fourth-order valence-electron chi connectivity index (χ4n) is 2.82. The van der Waals surface area contributed by atoms with Gasteiger partial charge in [-0.3, -0.25) is 14.7 Å². The molecule has 1 aliphatic carbocycles.